The molecular formula is C15H10Br2F3N3O4. The van der Waals surface area contributed by atoms with Gasteiger partial charge in [-0.15, -0.1) is 0 Å². The molecule has 2 aromatic rings. The monoisotopic (exact) mass is 511 g/mol. The second-order valence-corrected chi connectivity index (χ2v) is 7.12. The first-order valence-electron chi connectivity index (χ1n) is 7.10. The average molecular weight is 513 g/mol. The Balaban J connectivity index is 2.84. The van der Waals surface area contributed by atoms with Crippen molar-refractivity contribution in [1.82, 2.24) is 0 Å². The molecule has 144 valence electrons. The first-order valence-corrected chi connectivity index (χ1v) is 8.69. The molecule has 0 bridgehead atoms. The van der Waals surface area contributed by atoms with Crippen LogP contribution in [0.25, 0.3) is 0 Å². The Bertz CT molecular complexity index is 938. The van der Waals surface area contributed by atoms with Crippen molar-refractivity contribution in [3.63, 3.8) is 0 Å². The van der Waals surface area contributed by atoms with Gasteiger partial charge in [0.05, 0.1) is 27.2 Å². The van der Waals surface area contributed by atoms with Crippen molar-refractivity contribution in [3.8, 4) is 0 Å². The number of rotatable bonds is 4. The van der Waals surface area contributed by atoms with Crippen molar-refractivity contribution in [2.75, 3.05) is 5.32 Å². The van der Waals surface area contributed by atoms with E-state index in [4.69, 9.17) is 0 Å². The third-order valence-electron chi connectivity index (χ3n) is 3.63. The number of aryl methyl sites for hydroxylation is 2. The largest absolute Gasteiger partial charge is 0.418 e. The van der Waals surface area contributed by atoms with Crippen LogP contribution in [0.3, 0.4) is 0 Å². The minimum Gasteiger partial charge on any atom is -0.348 e. The number of non-ortho nitro benzene ring substituents is 1. The van der Waals surface area contributed by atoms with Gasteiger partial charge in [-0.25, -0.2) is 0 Å². The Morgan fingerprint density at radius 3 is 1.85 bits per heavy atom. The fraction of sp³-hybridized carbons (Fsp3) is 0.200. The molecule has 1 N–H and O–H groups in total. The normalized spacial score (nSPS) is 11.4. The van der Waals surface area contributed by atoms with E-state index >= 15 is 0 Å². The van der Waals surface area contributed by atoms with Crippen LogP contribution in [0, 0.1) is 34.1 Å². The molecule has 0 aromatic heterocycles. The molecule has 0 saturated heterocycles. The van der Waals surface area contributed by atoms with Gasteiger partial charge in [0.1, 0.15) is 5.69 Å². The molecule has 0 spiro atoms. The summed E-state index contributed by atoms with van der Waals surface area (Å²) in [7, 11) is 0. The van der Waals surface area contributed by atoms with Crippen LogP contribution in [0.4, 0.5) is 35.9 Å². The summed E-state index contributed by atoms with van der Waals surface area (Å²) in [5.41, 5.74) is -3.00. The molecule has 12 heteroatoms. The van der Waals surface area contributed by atoms with Crippen molar-refractivity contribution < 1.29 is 23.0 Å². The van der Waals surface area contributed by atoms with Crippen molar-refractivity contribution in [1.29, 1.82) is 0 Å². The molecular weight excluding hydrogens is 503 g/mol. The second kappa shape index (κ2) is 7.43. The molecule has 2 rings (SSSR count). The lowest BCUT2D eigenvalue weighted by molar-refractivity contribution is -0.394. The second-order valence-electron chi connectivity index (χ2n) is 5.54. The van der Waals surface area contributed by atoms with Crippen LogP contribution in [0.2, 0.25) is 0 Å². The Morgan fingerprint density at radius 1 is 0.926 bits per heavy atom. The molecule has 0 fully saturated rings. The van der Waals surface area contributed by atoms with Gasteiger partial charge in [-0.05, 0) is 56.8 Å². The fourth-order valence-corrected chi connectivity index (χ4v) is 3.48. The standard InChI is InChI=1S/C15H10Br2F3N3O4/c1-6-3-7(2)12(17)14(11(6)16)21-13-9(15(18,19)20)4-8(22(24)25)5-10(13)23(26)27/h3-5,21H,1-2H3. The highest BCUT2D eigenvalue weighted by atomic mass is 79.9. The number of alkyl halides is 3. The number of halogens is 5. The Morgan fingerprint density at radius 2 is 1.44 bits per heavy atom. The van der Waals surface area contributed by atoms with Crippen LogP contribution in [0.5, 0.6) is 0 Å². The summed E-state index contributed by atoms with van der Waals surface area (Å²) in [6, 6.07) is 2.51. The average Bonchev–Trinajstić information content (AvgIpc) is 2.55. The number of benzene rings is 2. The summed E-state index contributed by atoms with van der Waals surface area (Å²) >= 11 is 6.49. The lowest BCUT2D eigenvalue weighted by atomic mass is 10.1. The van der Waals surface area contributed by atoms with E-state index in [0.29, 0.717) is 26.1 Å². The Labute approximate surface area is 167 Å². The van der Waals surface area contributed by atoms with E-state index in [1.165, 1.54) is 0 Å². The number of anilines is 2. The van der Waals surface area contributed by atoms with Crippen LogP contribution in [-0.2, 0) is 6.18 Å². The summed E-state index contributed by atoms with van der Waals surface area (Å²) in [6.45, 7) is 3.40. The molecule has 27 heavy (non-hydrogen) atoms. The van der Waals surface area contributed by atoms with Crippen LogP contribution >= 0.6 is 31.9 Å². The van der Waals surface area contributed by atoms with Gasteiger partial charge in [0, 0.05) is 15.0 Å². The predicted molar refractivity (Wildman–Crippen MR) is 99.4 cm³/mol. The fourth-order valence-electron chi connectivity index (χ4n) is 2.39. The summed E-state index contributed by atoms with van der Waals surface area (Å²) in [6.07, 6.45) is -5.06. The highest BCUT2D eigenvalue weighted by Gasteiger charge is 2.40. The zero-order valence-electron chi connectivity index (χ0n) is 13.6. The van der Waals surface area contributed by atoms with E-state index < -0.39 is 38.6 Å². The van der Waals surface area contributed by atoms with Gasteiger partial charge in [-0.3, -0.25) is 20.2 Å². The minimum absolute atomic E-state index is 0.134. The lowest BCUT2D eigenvalue weighted by Gasteiger charge is -2.18. The van der Waals surface area contributed by atoms with Gasteiger partial charge in [-0.1, -0.05) is 6.07 Å². The molecule has 0 radical (unpaired) electrons. The summed E-state index contributed by atoms with van der Waals surface area (Å²) in [5, 5.41) is 24.7. The van der Waals surface area contributed by atoms with E-state index in [2.05, 4.69) is 37.2 Å². The van der Waals surface area contributed by atoms with Crippen molar-refractivity contribution in [2.45, 2.75) is 20.0 Å². The molecule has 0 saturated carbocycles. The highest BCUT2D eigenvalue weighted by Crippen LogP contribution is 2.46. The van der Waals surface area contributed by atoms with Gasteiger partial charge >= 0.3 is 6.18 Å². The van der Waals surface area contributed by atoms with Gasteiger partial charge < -0.3 is 5.32 Å². The maximum absolute atomic E-state index is 13.5. The maximum Gasteiger partial charge on any atom is 0.418 e. The van der Waals surface area contributed by atoms with Gasteiger partial charge in [0.15, 0.2) is 0 Å². The van der Waals surface area contributed by atoms with Gasteiger partial charge in [-0.2, -0.15) is 13.2 Å². The summed E-state index contributed by atoms with van der Waals surface area (Å²) in [4.78, 5) is 20.0. The third kappa shape index (κ3) is 4.21. The molecule has 0 amide bonds. The summed E-state index contributed by atoms with van der Waals surface area (Å²) < 4.78 is 41.2. The van der Waals surface area contributed by atoms with Crippen molar-refractivity contribution >= 4 is 54.6 Å². The maximum atomic E-state index is 13.5. The molecule has 0 unspecified atom stereocenters. The van der Waals surface area contributed by atoms with E-state index in [0.717, 1.165) is 0 Å². The minimum atomic E-state index is -5.06. The smallest absolute Gasteiger partial charge is 0.348 e. The summed E-state index contributed by atoms with van der Waals surface area (Å²) in [5.74, 6) is 0. The van der Waals surface area contributed by atoms with Gasteiger partial charge in [0.25, 0.3) is 11.4 Å². The first-order chi connectivity index (χ1) is 12.3. The van der Waals surface area contributed by atoms with Crippen LogP contribution in [0.15, 0.2) is 27.1 Å². The third-order valence-corrected chi connectivity index (χ3v) is 5.67. The number of nitro groups is 2. The van der Waals surface area contributed by atoms with Crippen LogP contribution in [0.1, 0.15) is 16.7 Å². The quantitative estimate of drug-likeness (QED) is 0.377. The molecule has 7 nitrogen and oxygen atoms in total. The predicted octanol–water partition coefficient (Wildman–Crippen LogP) is 6.41. The zero-order valence-corrected chi connectivity index (χ0v) is 16.8. The Kier molecular flexibility index (Phi) is 5.80. The molecule has 0 aliphatic rings. The topological polar surface area (TPSA) is 98.3 Å². The Hall–Kier alpha value is -2.21. The molecule has 0 aliphatic heterocycles. The lowest BCUT2D eigenvalue weighted by Crippen LogP contribution is -2.12. The number of nitro benzene ring substituents is 2. The van der Waals surface area contributed by atoms with Crippen molar-refractivity contribution in [3.05, 3.63) is 64.1 Å². The number of nitrogens with zero attached hydrogens (tertiary/aromatic N) is 2. The molecule has 0 atom stereocenters. The first kappa shape index (κ1) is 21.1. The SMILES string of the molecule is Cc1cc(C)c(Br)c(Nc2c([N+](=O)[O-])cc([N+](=O)[O-])cc2C(F)(F)F)c1Br. The van der Waals surface area contributed by atoms with Crippen molar-refractivity contribution in [2.24, 2.45) is 0 Å². The van der Waals surface area contributed by atoms with Crippen LogP contribution < -0.4 is 5.32 Å². The van der Waals surface area contributed by atoms with E-state index in [9.17, 15) is 33.4 Å². The number of nitrogens with one attached hydrogen (secondary N) is 1. The van der Waals surface area contributed by atoms with E-state index in [1.807, 2.05) is 0 Å². The highest BCUT2D eigenvalue weighted by molar-refractivity contribution is 9.11. The molecule has 2 aromatic carbocycles. The van der Waals surface area contributed by atoms with Gasteiger partial charge in [0.2, 0.25) is 0 Å². The van der Waals surface area contributed by atoms with E-state index in [-0.39, 0.29) is 11.8 Å². The number of hydrogen-bond acceptors (Lipinski definition) is 5. The number of hydrogen-bond donors (Lipinski definition) is 1. The van der Waals surface area contributed by atoms with E-state index in [1.54, 1.807) is 19.9 Å². The zero-order chi connectivity index (χ0) is 20.7. The molecule has 0 heterocycles. The van der Waals surface area contributed by atoms with Crippen LogP contribution in [-0.4, -0.2) is 9.85 Å². The molecule has 0 aliphatic carbocycles.